The van der Waals surface area contributed by atoms with Crippen molar-refractivity contribution < 1.29 is 19.4 Å². The minimum Gasteiger partial charge on any atom is -0.490 e. The lowest BCUT2D eigenvalue weighted by atomic mass is 10.1. The molecule has 1 aliphatic carbocycles. The van der Waals surface area contributed by atoms with E-state index in [1.54, 1.807) is 19.1 Å². The lowest BCUT2D eigenvalue weighted by molar-refractivity contribution is -0.153. The van der Waals surface area contributed by atoms with Crippen molar-refractivity contribution in [3.63, 3.8) is 0 Å². The fourth-order valence-electron chi connectivity index (χ4n) is 1.70. The van der Waals surface area contributed by atoms with Gasteiger partial charge in [-0.1, -0.05) is 11.6 Å². The first-order valence-corrected chi connectivity index (χ1v) is 6.23. The summed E-state index contributed by atoms with van der Waals surface area (Å²) in [5, 5.41) is 10.0. The predicted octanol–water partition coefficient (Wildman–Crippen LogP) is 2.13. The Morgan fingerprint density at radius 2 is 2.22 bits per heavy atom. The number of rotatable bonds is 5. The van der Waals surface area contributed by atoms with E-state index in [4.69, 9.17) is 9.47 Å². The quantitative estimate of drug-likeness (QED) is 0.813. The predicted molar refractivity (Wildman–Crippen MR) is 66.4 cm³/mol. The van der Waals surface area contributed by atoms with Gasteiger partial charge in [-0.2, -0.15) is 0 Å². The molecule has 0 aromatic heterocycles. The summed E-state index contributed by atoms with van der Waals surface area (Å²) >= 11 is 0. The third-order valence-electron chi connectivity index (χ3n) is 2.79. The molecule has 2 rings (SSSR count). The summed E-state index contributed by atoms with van der Waals surface area (Å²) < 4.78 is 10.5. The molecule has 18 heavy (non-hydrogen) atoms. The van der Waals surface area contributed by atoms with Crippen LogP contribution in [0.2, 0.25) is 0 Å². The molecular formula is C14H18O4. The molecule has 1 saturated carbocycles. The highest BCUT2D eigenvalue weighted by Gasteiger charge is 2.28. The van der Waals surface area contributed by atoms with Crippen molar-refractivity contribution in [3.8, 4) is 5.75 Å². The van der Waals surface area contributed by atoms with E-state index in [1.807, 2.05) is 13.0 Å². The molecule has 1 unspecified atom stereocenters. The van der Waals surface area contributed by atoms with Gasteiger partial charge in [0.15, 0.2) is 6.10 Å². The van der Waals surface area contributed by atoms with Gasteiger partial charge in [-0.05, 0) is 38.8 Å². The van der Waals surface area contributed by atoms with Gasteiger partial charge in [0.1, 0.15) is 5.75 Å². The van der Waals surface area contributed by atoms with Crippen LogP contribution in [-0.2, 0) is 9.53 Å². The summed E-state index contributed by atoms with van der Waals surface area (Å²) in [6.45, 7) is 3.87. The van der Waals surface area contributed by atoms with E-state index in [0.29, 0.717) is 11.3 Å². The topological polar surface area (TPSA) is 55.8 Å². The fraction of sp³-hybridized carbons (Fsp3) is 0.500. The molecule has 0 aliphatic heterocycles. The average molecular weight is 250 g/mol. The number of hydrogen-bond donors (Lipinski definition) is 1. The van der Waals surface area contributed by atoms with Gasteiger partial charge in [0.25, 0.3) is 0 Å². The average Bonchev–Trinajstić information content (AvgIpc) is 3.15. The number of aliphatic hydroxyl groups excluding tert-OH is 1. The van der Waals surface area contributed by atoms with Gasteiger partial charge in [0.2, 0.25) is 0 Å². The van der Waals surface area contributed by atoms with Gasteiger partial charge >= 0.3 is 5.97 Å². The van der Waals surface area contributed by atoms with Crippen molar-refractivity contribution >= 4 is 5.97 Å². The molecule has 0 spiro atoms. The van der Waals surface area contributed by atoms with Crippen LogP contribution in [0.4, 0.5) is 0 Å². The number of benzene rings is 1. The van der Waals surface area contributed by atoms with Crippen LogP contribution in [0.3, 0.4) is 0 Å². The Hall–Kier alpha value is -1.55. The fourth-order valence-corrected chi connectivity index (χ4v) is 1.70. The highest BCUT2D eigenvalue weighted by Crippen LogP contribution is 2.33. The second-order valence-electron chi connectivity index (χ2n) is 4.51. The van der Waals surface area contributed by atoms with Crippen LogP contribution in [0.15, 0.2) is 18.2 Å². The molecule has 1 atom stereocenters. The first-order valence-electron chi connectivity index (χ1n) is 6.23. The summed E-state index contributed by atoms with van der Waals surface area (Å²) in [6.07, 6.45) is 1.01. The molecule has 0 heterocycles. The molecule has 1 aliphatic rings. The molecule has 1 aromatic rings. The summed E-state index contributed by atoms with van der Waals surface area (Å²) in [5.74, 6) is -0.0626. The second kappa shape index (κ2) is 5.40. The second-order valence-corrected chi connectivity index (χ2v) is 4.51. The number of ether oxygens (including phenoxy) is 2. The van der Waals surface area contributed by atoms with Crippen molar-refractivity contribution in [3.05, 3.63) is 29.3 Å². The van der Waals surface area contributed by atoms with Crippen LogP contribution in [0.25, 0.3) is 0 Å². The van der Waals surface area contributed by atoms with Crippen molar-refractivity contribution in [2.75, 3.05) is 6.61 Å². The van der Waals surface area contributed by atoms with Crippen LogP contribution < -0.4 is 4.74 Å². The molecule has 1 N–H and O–H groups in total. The third-order valence-corrected chi connectivity index (χ3v) is 2.79. The van der Waals surface area contributed by atoms with Crippen LogP contribution >= 0.6 is 0 Å². The van der Waals surface area contributed by atoms with E-state index in [-0.39, 0.29) is 12.7 Å². The molecule has 4 heteroatoms. The van der Waals surface area contributed by atoms with E-state index >= 15 is 0 Å². The van der Waals surface area contributed by atoms with E-state index < -0.39 is 12.1 Å². The molecule has 4 nitrogen and oxygen atoms in total. The largest absolute Gasteiger partial charge is 0.490 e. The zero-order valence-electron chi connectivity index (χ0n) is 10.7. The molecular weight excluding hydrogens is 232 g/mol. The zero-order valence-corrected chi connectivity index (χ0v) is 10.7. The maximum Gasteiger partial charge on any atom is 0.339 e. The lowest BCUT2D eigenvalue weighted by Crippen LogP contribution is -2.16. The Kier molecular flexibility index (Phi) is 3.87. The number of esters is 1. The van der Waals surface area contributed by atoms with Crippen molar-refractivity contribution in [2.24, 2.45) is 0 Å². The summed E-state index contributed by atoms with van der Waals surface area (Å²) in [7, 11) is 0. The van der Waals surface area contributed by atoms with Crippen LogP contribution in [0.5, 0.6) is 5.75 Å². The Balaban J connectivity index is 2.22. The normalized spacial score (nSPS) is 16.2. The standard InChI is InChI=1S/C14H18O4/c1-3-17-14(16)13(15)11-8-9(2)4-7-12(11)18-10-5-6-10/h4,7-8,10,13,15H,3,5-6H2,1-2H3. The smallest absolute Gasteiger partial charge is 0.339 e. The maximum atomic E-state index is 11.6. The Labute approximate surface area is 107 Å². The Bertz CT molecular complexity index is 437. The minimum absolute atomic E-state index is 0.223. The van der Waals surface area contributed by atoms with Crippen molar-refractivity contribution in [1.29, 1.82) is 0 Å². The zero-order chi connectivity index (χ0) is 13.1. The van der Waals surface area contributed by atoms with E-state index in [1.165, 1.54) is 0 Å². The number of hydrogen-bond acceptors (Lipinski definition) is 4. The van der Waals surface area contributed by atoms with Gasteiger partial charge in [-0.15, -0.1) is 0 Å². The number of carbonyl (C=O) groups excluding carboxylic acids is 1. The number of aryl methyl sites for hydroxylation is 1. The van der Waals surface area contributed by atoms with Crippen molar-refractivity contribution in [2.45, 2.75) is 38.9 Å². The minimum atomic E-state index is -1.28. The summed E-state index contributed by atoms with van der Waals surface area (Å²) in [6, 6.07) is 5.46. The van der Waals surface area contributed by atoms with Gasteiger partial charge in [-0.25, -0.2) is 4.79 Å². The number of carbonyl (C=O) groups is 1. The molecule has 98 valence electrons. The highest BCUT2D eigenvalue weighted by molar-refractivity contribution is 5.77. The molecule has 0 radical (unpaired) electrons. The molecule has 0 amide bonds. The van der Waals surface area contributed by atoms with E-state index in [0.717, 1.165) is 18.4 Å². The van der Waals surface area contributed by atoms with Crippen LogP contribution in [0, 0.1) is 6.92 Å². The van der Waals surface area contributed by atoms with Crippen LogP contribution in [-0.4, -0.2) is 23.8 Å². The molecule has 1 aromatic carbocycles. The Morgan fingerprint density at radius 1 is 1.50 bits per heavy atom. The van der Waals surface area contributed by atoms with E-state index in [9.17, 15) is 9.90 Å². The van der Waals surface area contributed by atoms with Crippen molar-refractivity contribution in [1.82, 2.24) is 0 Å². The summed E-state index contributed by atoms with van der Waals surface area (Å²) in [4.78, 5) is 11.6. The van der Waals surface area contributed by atoms with Gasteiger partial charge in [0, 0.05) is 5.56 Å². The monoisotopic (exact) mass is 250 g/mol. The molecule has 0 bridgehead atoms. The van der Waals surface area contributed by atoms with Crippen LogP contribution in [0.1, 0.15) is 37.0 Å². The van der Waals surface area contributed by atoms with Gasteiger partial charge in [-0.3, -0.25) is 0 Å². The SMILES string of the molecule is CCOC(=O)C(O)c1cc(C)ccc1OC1CC1. The first-order chi connectivity index (χ1) is 8.61. The summed E-state index contributed by atoms with van der Waals surface area (Å²) in [5.41, 5.74) is 1.46. The Morgan fingerprint density at radius 3 is 2.83 bits per heavy atom. The highest BCUT2D eigenvalue weighted by atomic mass is 16.5. The maximum absolute atomic E-state index is 11.6. The first kappa shape index (κ1) is 12.9. The molecule has 0 saturated heterocycles. The molecule has 1 fully saturated rings. The number of aliphatic hydroxyl groups is 1. The van der Waals surface area contributed by atoms with Gasteiger partial charge in [0.05, 0.1) is 12.7 Å². The lowest BCUT2D eigenvalue weighted by Gasteiger charge is -2.15. The third kappa shape index (κ3) is 3.01. The van der Waals surface area contributed by atoms with Gasteiger partial charge < -0.3 is 14.6 Å². The van der Waals surface area contributed by atoms with E-state index in [2.05, 4.69) is 0 Å².